The van der Waals surface area contributed by atoms with Gasteiger partial charge >= 0.3 is 0 Å². The largest absolute Gasteiger partial charge is 0.494 e. The van der Waals surface area contributed by atoms with E-state index in [4.69, 9.17) is 9.47 Å². The highest BCUT2D eigenvalue weighted by atomic mass is 79.9. The third kappa shape index (κ3) is 4.17. The zero-order chi connectivity index (χ0) is 15.2. The van der Waals surface area contributed by atoms with E-state index >= 15 is 0 Å². The average molecular weight is 360 g/mol. The van der Waals surface area contributed by atoms with Crippen LogP contribution in [0.4, 0.5) is 4.39 Å². The van der Waals surface area contributed by atoms with Gasteiger partial charge in [0.1, 0.15) is 0 Å². The Kier molecular flexibility index (Phi) is 5.99. The zero-order valence-corrected chi connectivity index (χ0v) is 13.6. The number of halogens is 2. The predicted molar refractivity (Wildman–Crippen MR) is 81.6 cm³/mol. The summed E-state index contributed by atoms with van der Waals surface area (Å²) in [5, 5.41) is 0.817. The molecule has 0 aromatic heterocycles. The maximum atomic E-state index is 13.7. The number of nitrogens with zero attached hydrogens (tertiary/aromatic N) is 1. The van der Waals surface area contributed by atoms with Gasteiger partial charge in [-0.05, 0) is 31.0 Å². The highest BCUT2D eigenvalue weighted by molar-refractivity contribution is 9.09. The van der Waals surface area contributed by atoms with Crippen molar-refractivity contribution in [2.45, 2.75) is 18.9 Å². The Balaban J connectivity index is 1.94. The van der Waals surface area contributed by atoms with Crippen molar-refractivity contribution in [1.29, 1.82) is 0 Å². The number of hydrogen-bond donors (Lipinski definition) is 0. The van der Waals surface area contributed by atoms with Crippen molar-refractivity contribution in [1.82, 2.24) is 4.90 Å². The van der Waals surface area contributed by atoms with E-state index < -0.39 is 5.82 Å². The molecule has 0 atom stereocenters. The summed E-state index contributed by atoms with van der Waals surface area (Å²) in [7, 11) is 1.40. The lowest BCUT2D eigenvalue weighted by molar-refractivity contribution is 0.0160. The summed E-state index contributed by atoms with van der Waals surface area (Å²) in [5.41, 5.74) is 0.355. The Morgan fingerprint density at radius 1 is 1.43 bits per heavy atom. The lowest BCUT2D eigenvalue weighted by Gasteiger charge is -2.32. The van der Waals surface area contributed by atoms with Gasteiger partial charge in [-0.25, -0.2) is 4.39 Å². The minimum absolute atomic E-state index is 0.143. The van der Waals surface area contributed by atoms with Gasteiger partial charge in [0.05, 0.1) is 19.8 Å². The molecule has 0 N–H and O–H groups in total. The van der Waals surface area contributed by atoms with Crippen LogP contribution in [0.2, 0.25) is 0 Å². The Labute approximate surface area is 132 Å². The summed E-state index contributed by atoms with van der Waals surface area (Å²) in [4.78, 5) is 14.1. The number of rotatable bonds is 5. The number of amides is 1. The van der Waals surface area contributed by atoms with Crippen molar-refractivity contribution in [2.24, 2.45) is 0 Å². The molecule has 1 fully saturated rings. The van der Waals surface area contributed by atoms with Crippen LogP contribution in [0.25, 0.3) is 0 Å². The summed E-state index contributed by atoms with van der Waals surface area (Å²) in [6.07, 6.45) is 1.84. The molecule has 0 bridgehead atoms. The van der Waals surface area contributed by atoms with Crippen molar-refractivity contribution in [3.05, 3.63) is 29.6 Å². The molecule has 1 aromatic rings. The van der Waals surface area contributed by atoms with Gasteiger partial charge in [-0.3, -0.25) is 4.79 Å². The van der Waals surface area contributed by atoms with Gasteiger partial charge < -0.3 is 14.4 Å². The van der Waals surface area contributed by atoms with Crippen LogP contribution >= 0.6 is 15.9 Å². The molecule has 6 heteroatoms. The highest BCUT2D eigenvalue weighted by Gasteiger charge is 2.24. The lowest BCUT2D eigenvalue weighted by Crippen LogP contribution is -2.41. The molecule has 1 amide bonds. The third-order valence-electron chi connectivity index (χ3n) is 3.56. The summed E-state index contributed by atoms with van der Waals surface area (Å²) >= 11 is 3.33. The Morgan fingerprint density at radius 2 is 2.14 bits per heavy atom. The highest BCUT2D eigenvalue weighted by Crippen LogP contribution is 2.21. The van der Waals surface area contributed by atoms with E-state index in [1.807, 2.05) is 0 Å². The first-order chi connectivity index (χ1) is 10.2. The minimum Gasteiger partial charge on any atom is -0.494 e. The van der Waals surface area contributed by atoms with Crippen molar-refractivity contribution in [3.63, 3.8) is 0 Å². The van der Waals surface area contributed by atoms with Gasteiger partial charge in [0.15, 0.2) is 11.6 Å². The van der Waals surface area contributed by atoms with Crippen molar-refractivity contribution in [3.8, 4) is 5.75 Å². The smallest absolute Gasteiger partial charge is 0.253 e. The Bertz CT molecular complexity index is 490. The first-order valence-electron chi connectivity index (χ1n) is 6.96. The molecule has 21 heavy (non-hydrogen) atoms. The molecule has 1 aliphatic rings. The molecule has 0 radical (unpaired) electrons. The number of ether oxygens (including phenoxy) is 2. The van der Waals surface area contributed by atoms with E-state index in [9.17, 15) is 9.18 Å². The van der Waals surface area contributed by atoms with Gasteiger partial charge in [0.2, 0.25) is 0 Å². The second kappa shape index (κ2) is 7.75. The molecule has 1 aromatic carbocycles. The molecule has 0 spiro atoms. The predicted octanol–water partition coefficient (Wildman–Crippen LogP) is 2.85. The lowest BCUT2D eigenvalue weighted by atomic mass is 10.1. The number of benzene rings is 1. The summed E-state index contributed by atoms with van der Waals surface area (Å²) < 4.78 is 24.2. The van der Waals surface area contributed by atoms with Gasteiger partial charge in [-0.15, -0.1) is 0 Å². The number of methoxy groups -OCH3 is 1. The molecule has 2 rings (SSSR count). The normalized spacial score (nSPS) is 16.0. The van der Waals surface area contributed by atoms with E-state index in [1.54, 1.807) is 11.0 Å². The van der Waals surface area contributed by atoms with Crippen LogP contribution in [-0.4, -0.2) is 49.0 Å². The van der Waals surface area contributed by atoms with E-state index in [0.717, 1.165) is 18.2 Å². The molecule has 0 unspecified atom stereocenters. The van der Waals surface area contributed by atoms with Gasteiger partial charge in [-0.2, -0.15) is 0 Å². The van der Waals surface area contributed by atoms with Gasteiger partial charge in [0, 0.05) is 24.0 Å². The van der Waals surface area contributed by atoms with Crippen molar-refractivity contribution >= 4 is 21.8 Å². The quantitative estimate of drug-likeness (QED) is 0.758. The van der Waals surface area contributed by atoms with Crippen LogP contribution in [0.15, 0.2) is 18.2 Å². The molecular formula is C15H19BrFNO3. The first kappa shape index (κ1) is 16.2. The topological polar surface area (TPSA) is 38.8 Å². The monoisotopic (exact) mass is 359 g/mol. The molecule has 1 aliphatic heterocycles. The Hall–Kier alpha value is -1.14. The van der Waals surface area contributed by atoms with Crippen LogP contribution in [0, 0.1) is 5.82 Å². The van der Waals surface area contributed by atoms with Crippen LogP contribution < -0.4 is 4.74 Å². The summed E-state index contributed by atoms with van der Waals surface area (Å²) in [6.45, 7) is 1.96. The van der Waals surface area contributed by atoms with E-state index in [0.29, 0.717) is 25.3 Å². The van der Waals surface area contributed by atoms with Crippen LogP contribution in [0.1, 0.15) is 23.2 Å². The number of hydrogen-bond acceptors (Lipinski definition) is 3. The number of likely N-dealkylation sites (tertiary alicyclic amines) is 1. The number of carbonyl (C=O) groups is 1. The molecule has 116 valence electrons. The Morgan fingerprint density at radius 3 is 2.71 bits per heavy atom. The SMILES string of the molecule is COc1ccc(C(=O)N2CCC(OCCBr)CC2)cc1F. The molecule has 1 saturated heterocycles. The minimum atomic E-state index is -0.515. The second-order valence-corrected chi connectivity index (χ2v) is 5.69. The summed E-state index contributed by atoms with van der Waals surface area (Å²) in [5.74, 6) is -0.511. The standard InChI is InChI=1S/C15H19BrFNO3/c1-20-14-3-2-11(10-13(14)17)15(19)18-7-4-12(5-8-18)21-9-6-16/h2-3,10,12H,4-9H2,1H3. The number of alkyl halides is 1. The van der Waals surface area contributed by atoms with Gasteiger partial charge in [-0.1, -0.05) is 15.9 Å². The maximum absolute atomic E-state index is 13.7. The first-order valence-corrected chi connectivity index (χ1v) is 8.08. The molecule has 4 nitrogen and oxygen atoms in total. The van der Waals surface area contributed by atoms with Crippen molar-refractivity contribution < 1.29 is 18.7 Å². The van der Waals surface area contributed by atoms with E-state index in [1.165, 1.54) is 19.2 Å². The number of carbonyl (C=O) groups excluding carboxylic acids is 1. The van der Waals surface area contributed by atoms with E-state index in [2.05, 4.69) is 15.9 Å². The second-order valence-electron chi connectivity index (χ2n) is 4.90. The van der Waals surface area contributed by atoms with Crippen LogP contribution in [0.5, 0.6) is 5.75 Å². The number of piperidine rings is 1. The van der Waals surface area contributed by atoms with Crippen LogP contribution in [0.3, 0.4) is 0 Å². The molecular weight excluding hydrogens is 341 g/mol. The van der Waals surface area contributed by atoms with Crippen molar-refractivity contribution in [2.75, 3.05) is 32.1 Å². The third-order valence-corrected chi connectivity index (χ3v) is 3.88. The molecule has 0 saturated carbocycles. The fraction of sp³-hybridized carbons (Fsp3) is 0.533. The zero-order valence-electron chi connectivity index (χ0n) is 12.0. The molecule has 0 aliphatic carbocycles. The fourth-order valence-corrected chi connectivity index (χ4v) is 2.61. The average Bonchev–Trinajstić information content (AvgIpc) is 2.52. The maximum Gasteiger partial charge on any atom is 0.253 e. The summed E-state index contributed by atoms with van der Waals surface area (Å²) in [6, 6.07) is 4.31. The van der Waals surface area contributed by atoms with E-state index in [-0.39, 0.29) is 17.8 Å². The fourth-order valence-electron chi connectivity index (χ4n) is 2.42. The van der Waals surface area contributed by atoms with Crippen LogP contribution in [-0.2, 0) is 4.74 Å². The molecule has 1 heterocycles. The van der Waals surface area contributed by atoms with Gasteiger partial charge in [0.25, 0.3) is 5.91 Å².